The number of rotatable bonds is 7. The lowest BCUT2D eigenvalue weighted by Gasteiger charge is -2.09. The molecule has 0 radical (unpaired) electrons. The molecule has 0 aromatic rings. The number of carbonyl (C=O) groups is 1. The van der Waals surface area contributed by atoms with Crippen molar-refractivity contribution in [2.24, 2.45) is 5.92 Å². The molecule has 0 amide bonds. The first kappa shape index (κ1) is 13.6. The Balaban J connectivity index is 3.36. The van der Waals surface area contributed by atoms with E-state index in [1.165, 1.54) is 7.11 Å². The van der Waals surface area contributed by atoms with Crippen LogP contribution in [0.2, 0.25) is 0 Å². The molecule has 0 bridgehead atoms. The summed E-state index contributed by atoms with van der Waals surface area (Å²) in [5.41, 5.74) is 0. The molecule has 4 nitrogen and oxygen atoms in total. The fraction of sp³-hybridized carbons (Fsp3) is 0.889. The van der Waals surface area contributed by atoms with E-state index in [4.69, 9.17) is 0 Å². The highest BCUT2D eigenvalue weighted by Gasteiger charge is 2.11. The summed E-state index contributed by atoms with van der Waals surface area (Å²) in [6.45, 7) is 3.22. The second-order valence-corrected chi connectivity index (χ2v) is 4.81. The molecule has 0 saturated carbocycles. The molecule has 0 aromatic heterocycles. The number of hydrogen-bond donors (Lipinski definition) is 1. The van der Waals surface area contributed by atoms with Gasteiger partial charge in [-0.2, -0.15) is 0 Å². The number of nitrogens with one attached hydrogen (secondary N) is 1. The SMILES string of the molecule is COC(=O)C(C)CNCCCS(C)=O. The second-order valence-electron chi connectivity index (χ2n) is 3.26. The molecular formula is C9H19NO3S. The van der Waals surface area contributed by atoms with Crippen LogP contribution < -0.4 is 5.32 Å². The van der Waals surface area contributed by atoms with E-state index in [0.717, 1.165) is 13.0 Å². The van der Waals surface area contributed by atoms with Gasteiger partial charge in [0.15, 0.2) is 0 Å². The summed E-state index contributed by atoms with van der Waals surface area (Å²) >= 11 is 0. The van der Waals surface area contributed by atoms with Crippen molar-refractivity contribution in [1.29, 1.82) is 0 Å². The molecule has 0 fully saturated rings. The monoisotopic (exact) mass is 221 g/mol. The quantitative estimate of drug-likeness (QED) is 0.491. The molecule has 84 valence electrons. The summed E-state index contributed by atoms with van der Waals surface area (Å²) in [6.07, 6.45) is 2.56. The first-order valence-corrected chi connectivity index (χ1v) is 6.39. The Bertz CT molecular complexity index is 196. The maximum Gasteiger partial charge on any atom is 0.309 e. The van der Waals surface area contributed by atoms with Crippen molar-refractivity contribution in [2.45, 2.75) is 13.3 Å². The average Bonchev–Trinajstić information content (AvgIpc) is 2.15. The standard InChI is InChI=1S/C9H19NO3S/c1-8(9(11)13-2)7-10-5-4-6-14(3)12/h8,10H,4-7H2,1-3H3. The van der Waals surface area contributed by atoms with Gasteiger partial charge in [-0.25, -0.2) is 0 Å². The molecule has 0 saturated heterocycles. The molecule has 0 aliphatic rings. The van der Waals surface area contributed by atoms with Crippen molar-refractivity contribution in [3.63, 3.8) is 0 Å². The highest BCUT2D eigenvalue weighted by Crippen LogP contribution is 1.95. The van der Waals surface area contributed by atoms with E-state index in [9.17, 15) is 9.00 Å². The van der Waals surface area contributed by atoms with Crippen LogP contribution in [0, 0.1) is 5.92 Å². The van der Waals surface area contributed by atoms with Crippen molar-refractivity contribution in [3.8, 4) is 0 Å². The van der Waals surface area contributed by atoms with E-state index >= 15 is 0 Å². The van der Waals surface area contributed by atoms with Gasteiger partial charge < -0.3 is 10.1 Å². The van der Waals surface area contributed by atoms with Crippen LogP contribution in [-0.4, -0.2) is 42.4 Å². The van der Waals surface area contributed by atoms with E-state index in [-0.39, 0.29) is 11.9 Å². The van der Waals surface area contributed by atoms with Crippen LogP contribution in [0.3, 0.4) is 0 Å². The van der Waals surface area contributed by atoms with Gasteiger partial charge in [0, 0.05) is 29.4 Å². The highest BCUT2D eigenvalue weighted by atomic mass is 32.2. The van der Waals surface area contributed by atoms with E-state index in [0.29, 0.717) is 12.3 Å². The Morgan fingerprint density at radius 1 is 1.57 bits per heavy atom. The molecule has 0 aliphatic carbocycles. The van der Waals surface area contributed by atoms with Crippen molar-refractivity contribution in [1.82, 2.24) is 5.32 Å². The van der Waals surface area contributed by atoms with Crippen molar-refractivity contribution < 1.29 is 13.7 Å². The maximum absolute atomic E-state index is 11.0. The third kappa shape index (κ3) is 7.03. The summed E-state index contributed by atoms with van der Waals surface area (Å²) in [6, 6.07) is 0. The van der Waals surface area contributed by atoms with E-state index in [2.05, 4.69) is 10.1 Å². The average molecular weight is 221 g/mol. The van der Waals surface area contributed by atoms with E-state index in [1.807, 2.05) is 6.92 Å². The molecule has 0 aliphatic heterocycles. The lowest BCUT2D eigenvalue weighted by Crippen LogP contribution is -2.28. The molecule has 0 aromatic carbocycles. The summed E-state index contributed by atoms with van der Waals surface area (Å²) in [4.78, 5) is 11.0. The summed E-state index contributed by atoms with van der Waals surface area (Å²) in [7, 11) is 0.666. The number of methoxy groups -OCH3 is 1. The fourth-order valence-electron chi connectivity index (χ4n) is 1.00. The van der Waals surface area contributed by atoms with Crippen LogP contribution in [0.25, 0.3) is 0 Å². The second kappa shape index (κ2) is 7.94. The molecule has 2 unspecified atom stereocenters. The smallest absolute Gasteiger partial charge is 0.309 e. The van der Waals surface area contributed by atoms with E-state index < -0.39 is 10.8 Å². The lowest BCUT2D eigenvalue weighted by molar-refractivity contribution is -0.144. The van der Waals surface area contributed by atoms with Crippen LogP contribution in [0.1, 0.15) is 13.3 Å². The molecule has 0 rings (SSSR count). The summed E-state index contributed by atoms with van der Waals surface area (Å²) in [5, 5.41) is 3.12. The Morgan fingerprint density at radius 3 is 2.71 bits per heavy atom. The molecule has 0 heterocycles. The van der Waals surface area contributed by atoms with Crippen LogP contribution in [0.5, 0.6) is 0 Å². The molecule has 14 heavy (non-hydrogen) atoms. The first-order chi connectivity index (χ1) is 6.57. The van der Waals surface area contributed by atoms with Gasteiger partial charge in [-0.05, 0) is 13.0 Å². The minimum absolute atomic E-state index is 0.118. The van der Waals surface area contributed by atoms with Crippen molar-refractivity contribution >= 4 is 16.8 Å². The number of hydrogen-bond acceptors (Lipinski definition) is 4. The lowest BCUT2D eigenvalue weighted by atomic mass is 10.2. The highest BCUT2D eigenvalue weighted by molar-refractivity contribution is 7.84. The molecule has 0 spiro atoms. The fourth-order valence-corrected chi connectivity index (χ4v) is 1.55. The van der Waals surface area contributed by atoms with Crippen molar-refractivity contribution in [2.75, 3.05) is 32.2 Å². The zero-order chi connectivity index (χ0) is 11.0. The van der Waals surface area contributed by atoms with Crippen LogP contribution in [-0.2, 0) is 20.3 Å². The molecular weight excluding hydrogens is 202 g/mol. The molecule has 2 atom stereocenters. The zero-order valence-corrected chi connectivity index (χ0v) is 9.86. The van der Waals surface area contributed by atoms with Crippen LogP contribution in [0.4, 0.5) is 0 Å². The largest absolute Gasteiger partial charge is 0.469 e. The van der Waals surface area contributed by atoms with E-state index in [1.54, 1.807) is 6.26 Å². The maximum atomic E-state index is 11.0. The van der Waals surface area contributed by atoms with Crippen LogP contribution in [0.15, 0.2) is 0 Å². The molecule has 5 heteroatoms. The number of ether oxygens (including phenoxy) is 1. The predicted octanol–water partition coefficient (Wildman–Crippen LogP) is 0.154. The Morgan fingerprint density at radius 2 is 2.21 bits per heavy atom. The van der Waals surface area contributed by atoms with Crippen molar-refractivity contribution in [3.05, 3.63) is 0 Å². The van der Waals surface area contributed by atoms with Gasteiger partial charge in [0.1, 0.15) is 0 Å². The predicted molar refractivity (Wildman–Crippen MR) is 57.6 cm³/mol. The van der Waals surface area contributed by atoms with Gasteiger partial charge in [0.2, 0.25) is 0 Å². The summed E-state index contributed by atoms with van der Waals surface area (Å²) < 4.78 is 15.3. The molecule has 1 N–H and O–H groups in total. The topological polar surface area (TPSA) is 55.4 Å². The van der Waals surface area contributed by atoms with Crippen LogP contribution >= 0.6 is 0 Å². The Labute approximate surface area is 87.9 Å². The number of esters is 1. The van der Waals surface area contributed by atoms with Gasteiger partial charge >= 0.3 is 5.97 Å². The zero-order valence-electron chi connectivity index (χ0n) is 9.04. The van der Waals surface area contributed by atoms with Gasteiger partial charge in [0.05, 0.1) is 13.0 Å². The third-order valence-electron chi connectivity index (χ3n) is 1.84. The summed E-state index contributed by atoms with van der Waals surface area (Å²) in [5.74, 6) is 0.392. The Kier molecular flexibility index (Phi) is 7.70. The normalized spacial score (nSPS) is 14.8. The third-order valence-corrected chi connectivity index (χ3v) is 2.70. The minimum atomic E-state index is -0.722. The van der Waals surface area contributed by atoms with Gasteiger partial charge in [0.25, 0.3) is 0 Å². The number of carbonyl (C=O) groups excluding carboxylic acids is 1. The van der Waals surface area contributed by atoms with Gasteiger partial charge in [-0.3, -0.25) is 9.00 Å². The van der Waals surface area contributed by atoms with Gasteiger partial charge in [-0.1, -0.05) is 6.92 Å². The Hall–Kier alpha value is -0.420. The van der Waals surface area contributed by atoms with Gasteiger partial charge in [-0.15, -0.1) is 0 Å². The minimum Gasteiger partial charge on any atom is -0.469 e. The first-order valence-electron chi connectivity index (χ1n) is 4.66.